The minimum absolute atomic E-state index is 0.0114. The Kier molecular flexibility index (Phi) is 4.40. The van der Waals surface area contributed by atoms with Crippen molar-refractivity contribution >= 4 is 40.1 Å². The van der Waals surface area contributed by atoms with Crippen LogP contribution in [0.1, 0.15) is 29.3 Å². The number of carbonyl (C=O) groups excluding carboxylic acids is 1. The van der Waals surface area contributed by atoms with E-state index in [4.69, 9.17) is 16.3 Å². The van der Waals surface area contributed by atoms with Gasteiger partial charge in [-0.25, -0.2) is 0 Å². The molecule has 0 aromatic heterocycles. The molecule has 0 bridgehead atoms. The Morgan fingerprint density at radius 1 is 1.25 bits per heavy atom. The second-order valence-electron chi connectivity index (χ2n) is 6.93. The number of nitrogens with zero attached hydrogens (tertiary/aromatic N) is 1. The van der Waals surface area contributed by atoms with Crippen molar-refractivity contribution in [2.45, 2.75) is 18.2 Å². The predicted molar refractivity (Wildman–Crippen MR) is 110 cm³/mol. The second-order valence-corrected chi connectivity index (χ2v) is 8.50. The zero-order chi connectivity index (χ0) is 19.3. The third-order valence-electron chi connectivity index (χ3n) is 5.00. The molecule has 3 N–H and O–H groups in total. The molecule has 0 aliphatic carbocycles. The van der Waals surface area contributed by atoms with Crippen molar-refractivity contribution in [1.29, 1.82) is 0 Å². The van der Waals surface area contributed by atoms with Crippen LogP contribution in [0.25, 0.3) is 0 Å². The molecule has 3 aliphatic rings. The second kappa shape index (κ2) is 6.93. The van der Waals surface area contributed by atoms with Crippen LogP contribution in [0.3, 0.4) is 0 Å². The molecule has 1 saturated heterocycles. The van der Waals surface area contributed by atoms with E-state index < -0.39 is 0 Å². The zero-order valence-electron chi connectivity index (χ0n) is 15.0. The number of carbonyl (C=O) groups is 1. The summed E-state index contributed by atoms with van der Waals surface area (Å²) >= 11 is 7.99. The summed E-state index contributed by atoms with van der Waals surface area (Å²) in [5.41, 5.74) is 7.68. The molecule has 142 valence electrons. The maximum atomic E-state index is 11.7. The lowest BCUT2D eigenvalue weighted by molar-refractivity contribution is -0.815. The Labute approximate surface area is 171 Å². The van der Waals surface area contributed by atoms with Gasteiger partial charge in [-0.1, -0.05) is 29.8 Å². The molecule has 8 heteroatoms. The number of anilines is 1. The number of ether oxygens (including phenoxy) is 1. The number of hydrogen-bond acceptors (Lipinski definition) is 5. The molecule has 1 amide bonds. The molecule has 5 rings (SSSR count). The lowest BCUT2D eigenvalue weighted by Crippen LogP contribution is -3.18. The van der Waals surface area contributed by atoms with Crippen LogP contribution in [0, 0.1) is 0 Å². The Morgan fingerprint density at radius 3 is 3.00 bits per heavy atom. The number of fused-ring (bicyclic) bond motifs is 2. The van der Waals surface area contributed by atoms with Crippen molar-refractivity contribution in [2.75, 3.05) is 11.9 Å². The first-order chi connectivity index (χ1) is 13.6. The quantitative estimate of drug-likeness (QED) is 0.708. The van der Waals surface area contributed by atoms with E-state index in [-0.39, 0.29) is 23.8 Å². The van der Waals surface area contributed by atoms with Crippen molar-refractivity contribution in [3.8, 4) is 5.75 Å². The molecule has 2 aromatic rings. The van der Waals surface area contributed by atoms with Crippen LogP contribution in [0.15, 0.2) is 59.4 Å². The van der Waals surface area contributed by atoms with E-state index in [1.807, 2.05) is 42.6 Å². The SMILES string of the molecule is CC1=CN=C2SC(c3ccc4c(c3)NC(=O)CO4)C(c3cccc(Cl)c3)N[NH+]12. The van der Waals surface area contributed by atoms with Gasteiger partial charge in [0.15, 0.2) is 6.61 Å². The molecule has 0 spiro atoms. The van der Waals surface area contributed by atoms with Gasteiger partial charge in [0.1, 0.15) is 11.4 Å². The smallest absolute Gasteiger partial charge is 0.287 e. The van der Waals surface area contributed by atoms with Gasteiger partial charge in [-0.2, -0.15) is 10.0 Å². The normalized spacial score (nSPS) is 25.8. The average Bonchev–Trinajstić information content (AvgIpc) is 3.06. The summed E-state index contributed by atoms with van der Waals surface area (Å²) in [5.74, 6) is 0.556. The predicted octanol–water partition coefficient (Wildman–Crippen LogP) is 2.82. The van der Waals surface area contributed by atoms with Crippen LogP contribution in [-0.2, 0) is 4.79 Å². The van der Waals surface area contributed by atoms with E-state index in [2.05, 4.69) is 28.7 Å². The first-order valence-electron chi connectivity index (χ1n) is 8.96. The highest BCUT2D eigenvalue weighted by atomic mass is 35.5. The highest BCUT2D eigenvalue weighted by Crippen LogP contribution is 2.44. The molecule has 3 heterocycles. The van der Waals surface area contributed by atoms with Crippen LogP contribution >= 0.6 is 23.4 Å². The van der Waals surface area contributed by atoms with E-state index in [9.17, 15) is 4.79 Å². The number of quaternary nitrogens is 1. The van der Waals surface area contributed by atoms with Crippen LogP contribution in [0.2, 0.25) is 5.02 Å². The molecule has 3 atom stereocenters. The van der Waals surface area contributed by atoms with Crippen LogP contribution < -0.4 is 20.5 Å². The molecule has 3 unspecified atom stereocenters. The first-order valence-corrected chi connectivity index (χ1v) is 10.2. The number of thioether (sulfide) groups is 1. The standard InChI is InChI=1S/C20H17ClN4O2S/c1-11-9-22-20-25(11)24-18(12-3-2-4-14(21)7-12)19(28-20)13-5-6-16-15(8-13)23-17(26)10-27-16/h2-9,18-19,24H,10H2,1H3,(H,23,26)/p+1. The largest absolute Gasteiger partial charge is 0.482 e. The lowest BCUT2D eigenvalue weighted by atomic mass is 9.97. The van der Waals surface area contributed by atoms with Gasteiger partial charge in [-0.15, -0.1) is 5.43 Å². The van der Waals surface area contributed by atoms with Gasteiger partial charge in [0.2, 0.25) is 0 Å². The highest BCUT2D eigenvalue weighted by Gasteiger charge is 2.42. The molecule has 6 nitrogen and oxygen atoms in total. The summed E-state index contributed by atoms with van der Waals surface area (Å²) in [4.78, 5) is 16.3. The number of allylic oxidation sites excluding steroid dienone is 1. The third kappa shape index (κ3) is 3.10. The number of amides is 1. The number of rotatable bonds is 2. The summed E-state index contributed by atoms with van der Waals surface area (Å²) in [6.07, 6.45) is 1.89. The van der Waals surface area contributed by atoms with Gasteiger partial charge in [-0.3, -0.25) is 4.79 Å². The summed E-state index contributed by atoms with van der Waals surface area (Å²) in [6.45, 7) is 2.11. The first kappa shape index (κ1) is 17.8. The van der Waals surface area contributed by atoms with E-state index in [0.717, 1.165) is 27.0 Å². The number of halogens is 1. The van der Waals surface area contributed by atoms with Gasteiger partial charge < -0.3 is 10.1 Å². The molecular formula is C20H18ClN4O2S+. The summed E-state index contributed by atoms with van der Waals surface area (Å²) in [5, 5.41) is 5.72. The lowest BCUT2D eigenvalue weighted by Gasteiger charge is -2.35. The Hall–Kier alpha value is -2.32. The van der Waals surface area contributed by atoms with E-state index in [1.165, 1.54) is 0 Å². The van der Waals surface area contributed by atoms with Crippen LogP contribution in [-0.4, -0.2) is 17.7 Å². The third-order valence-corrected chi connectivity index (χ3v) is 6.56. The van der Waals surface area contributed by atoms with Crippen molar-refractivity contribution in [1.82, 2.24) is 5.43 Å². The summed E-state index contributed by atoms with van der Waals surface area (Å²) in [7, 11) is 0. The Balaban J connectivity index is 1.55. The zero-order valence-corrected chi connectivity index (χ0v) is 16.6. The summed E-state index contributed by atoms with van der Waals surface area (Å²) < 4.78 is 5.50. The van der Waals surface area contributed by atoms with Crippen molar-refractivity contribution in [3.05, 3.63) is 70.5 Å². The van der Waals surface area contributed by atoms with E-state index >= 15 is 0 Å². The topological polar surface area (TPSA) is 67.2 Å². The Bertz CT molecular complexity index is 1040. The highest BCUT2D eigenvalue weighted by molar-refractivity contribution is 8.13. The molecule has 0 radical (unpaired) electrons. The molecule has 3 aliphatic heterocycles. The van der Waals surface area contributed by atoms with Gasteiger partial charge >= 0.3 is 0 Å². The Morgan fingerprint density at radius 2 is 2.14 bits per heavy atom. The fourth-order valence-electron chi connectivity index (χ4n) is 3.63. The van der Waals surface area contributed by atoms with Gasteiger partial charge in [0.05, 0.1) is 23.2 Å². The molecule has 1 fully saturated rings. The van der Waals surface area contributed by atoms with E-state index in [1.54, 1.807) is 11.8 Å². The average molecular weight is 414 g/mol. The molecule has 28 heavy (non-hydrogen) atoms. The summed E-state index contributed by atoms with van der Waals surface area (Å²) in [6, 6.07) is 13.9. The van der Waals surface area contributed by atoms with E-state index in [0.29, 0.717) is 16.5 Å². The van der Waals surface area contributed by atoms with Gasteiger partial charge in [-0.05, 0) is 47.2 Å². The fraction of sp³-hybridized carbons (Fsp3) is 0.200. The van der Waals surface area contributed by atoms with Crippen LogP contribution in [0.4, 0.5) is 5.69 Å². The van der Waals surface area contributed by atoms with Gasteiger partial charge in [0.25, 0.3) is 11.1 Å². The minimum Gasteiger partial charge on any atom is -0.482 e. The van der Waals surface area contributed by atoms with Crippen molar-refractivity contribution in [2.24, 2.45) is 4.99 Å². The number of nitrogens with one attached hydrogen (secondary N) is 3. The number of aliphatic imine (C=N–C) groups is 1. The molecule has 2 aromatic carbocycles. The van der Waals surface area contributed by atoms with Crippen molar-refractivity contribution < 1.29 is 14.5 Å². The van der Waals surface area contributed by atoms with Crippen molar-refractivity contribution in [3.63, 3.8) is 0 Å². The monoisotopic (exact) mass is 413 g/mol. The molecule has 0 saturated carbocycles. The maximum Gasteiger partial charge on any atom is 0.287 e. The fourth-order valence-corrected chi connectivity index (χ4v) is 5.17. The maximum absolute atomic E-state index is 11.7. The number of hydrogen-bond donors (Lipinski definition) is 3. The van der Waals surface area contributed by atoms with Gasteiger partial charge in [0, 0.05) is 11.9 Å². The van der Waals surface area contributed by atoms with Crippen LogP contribution in [0.5, 0.6) is 5.75 Å². The number of benzene rings is 2. The minimum atomic E-state index is -0.138. The number of amidine groups is 1. The molecular weight excluding hydrogens is 396 g/mol.